The molecular formula is C20H27N3O2S. The predicted molar refractivity (Wildman–Crippen MR) is 105 cm³/mol. The first-order valence-corrected chi connectivity index (χ1v) is 10.1. The smallest absolute Gasteiger partial charge is 0.228 e. The molecule has 6 heteroatoms. The summed E-state index contributed by atoms with van der Waals surface area (Å²) < 4.78 is 5.80. The molecular weight excluding hydrogens is 346 g/mol. The van der Waals surface area contributed by atoms with Crippen molar-refractivity contribution < 1.29 is 9.53 Å². The van der Waals surface area contributed by atoms with Gasteiger partial charge in [-0.05, 0) is 32.7 Å². The number of likely N-dealkylation sites (tertiary alicyclic amines) is 1. The third kappa shape index (κ3) is 5.13. The molecule has 0 bridgehead atoms. The summed E-state index contributed by atoms with van der Waals surface area (Å²) in [5.74, 6) is 0.158. The van der Waals surface area contributed by atoms with Crippen LogP contribution < -0.4 is 5.73 Å². The first-order chi connectivity index (χ1) is 12.7. The zero-order valence-corrected chi connectivity index (χ0v) is 16.1. The minimum Gasteiger partial charge on any atom is -0.378 e. The highest BCUT2D eigenvalue weighted by Gasteiger charge is 2.23. The quantitative estimate of drug-likeness (QED) is 0.758. The summed E-state index contributed by atoms with van der Waals surface area (Å²) in [6, 6.07) is 8.33. The van der Waals surface area contributed by atoms with Crippen molar-refractivity contribution >= 4 is 17.2 Å². The largest absolute Gasteiger partial charge is 0.378 e. The van der Waals surface area contributed by atoms with E-state index in [4.69, 9.17) is 10.5 Å². The zero-order chi connectivity index (χ0) is 18.4. The molecule has 1 aliphatic rings. The van der Waals surface area contributed by atoms with Crippen LogP contribution in [-0.4, -0.2) is 48.1 Å². The van der Waals surface area contributed by atoms with Crippen LogP contribution in [0.4, 0.5) is 0 Å². The highest BCUT2D eigenvalue weighted by molar-refractivity contribution is 7.13. The van der Waals surface area contributed by atoms with E-state index in [-0.39, 0.29) is 12.0 Å². The Bertz CT molecular complexity index is 706. The van der Waals surface area contributed by atoms with E-state index >= 15 is 0 Å². The van der Waals surface area contributed by atoms with Gasteiger partial charge in [-0.3, -0.25) is 4.79 Å². The van der Waals surface area contributed by atoms with Gasteiger partial charge in [-0.25, -0.2) is 4.98 Å². The van der Waals surface area contributed by atoms with Gasteiger partial charge in [-0.1, -0.05) is 29.8 Å². The maximum absolute atomic E-state index is 12.6. The summed E-state index contributed by atoms with van der Waals surface area (Å²) in [6.45, 7) is 4.98. The highest BCUT2D eigenvalue weighted by Crippen LogP contribution is 2.24. The summed E-state index contributed by atoms with van der Waals surface area (Å²) in [6.07, 6.45) is 3.34. The standard InChI is InChI=1S/C20H27N3O2S/c1-15-3-5-16(6-4-15)20-22-17(14-26-20)13-19(24)23-10-7-18(8-11-23)25-12-2-9-21/h3-6,14,18H,2,7-13,21H2,1H3. The Kier molecular flexibility index (Phi) is 6.77. The molecule has 0 unspecified atom stereocenters. The van der Waals surface area contributed by atoms with E-state index in [9.17, 15) is 4.79 Å². The van der Waals surface area contributed by atoms with Crippen LogP contribution in [0.2, 0.25) is 0 Å². The van der Waals surface area contributed by atoms with E-state index in [0.29, 0.717) is 13.0 Å². The van der Waals surface area contributed by atoms with Crippen LogP contribution in [0.1, 0.15) is 30.5 Å². The molecule has 3 rings (SSSR count). The van der Waals surface area contributed by atoms with Crippen LogP contribution in [-0.2, 0) is 16.0 Å². The lowest BCUT2D eigenvalue weighted by atomic mass is 10.1. The fraction of sp³-hybridized carbons (Fsp3) is 0.500. The number of rotatable bonds is 7. The molecule has 0 spiro atoms. The van der Waals surface area contributed by atoms with Crippen LogP contribution >= 0.6 is 11.3 Å². The number of thiazole rings is 1. The first-order valence-electron chi connectivity index (χ1n) is 9.26. The third-order valence-electron chi connectivity index (χ3n) is 4.68. The second-order valence-electron chi connectivity index (χ2n) is 6.78. The van der Waals surface area contributed by atoms with Crippen LogP contribution in [0, 0.1) is 6.92 Å². The molecule has 5 nitrogen and oxygen atoms in total. The van der Waals surface area contributed by atoms with Gasteiger partial charge in [0.1, 0.15) is 5.01 Å². The van der Waals surface area contributed by atoms with Crippen molar-refractivity contribution in [2.75, 3.05) is 26.2 Å². The SMILES string of the molecule is Cc1ccc(-c2nc(CC(=O)N3CCC(OCCCN)CC3)cs2)cc1. The predicted octanol–water partition coefficient (Wildman–Crippen LogP) is 3.02. The number of nitrogens with zero attached hydrogens (tertiary/aromatic N) is 2. The molecule has 0 aliphatic carbocycles. The van der Waals surface area contributed by atoms with Crippen molar-refractivity contribution in [3.63, 3.8) is 0 Å². The monoisotopic (exact) mass is 373 g/mol. The maximum atomic E-state index is 12.6. The Morgan fingerprint density at radius 1 is 1.31 bits per heavy atom. The second-order valence-corrected chi connectivity index (χ2v) is 7.64. The summed E-state index contributed by atoms with van der Waals surface area (Å²) in [5.41, 5.74) is 8.68. The van der Waals surface area contributed by atoms with Crippen molar-refractivity contribution in [3.8, 4) is 10.6 Å². The van der Waals surface area contributed by atoms with E-state index in [1.807, 2.05) is 10.3 Å². The number of carbonyl (C=O) groups is 1. The minimum absolute atomic E-state index is 0.158. The van der Waals surface area contributed by atoms with Gasteiger partial charge in [0, 0.05) is 30.6 Å². The van der Waals surface area contributed by atoms with Gasteiger partial charge in [0.2, 0.25) is 5.91 Å². The summed E-state index contributed by atoms with van der Waals surface area (Å²) in [5, 5.41) is 2.97. The van der Waals surface area contributed by atoms with Gasteiger partial charge in [-0.2, -0.15) is 0 Å². The molecule has 0 radical (unpaired) electrons. The number of carbonyl (C=O) groups excluding carboxylic acids is 1. The van der Waals surface area contributed by atoms with E-state index in [1.165, 1.54) is 5.56 Å². The number of ether oxygens (including phenoxy) is 1. The molecule has 140 valence electrons. The average molecular weight is 374 g/mol. The summed E-state index contributed by atoms with van der Waals surface area (Å²) in [7, 11) is 0. The molecule has 1 fully saturated rings. The number of amides is 1. The number of aromatic nitrogens is 1. The number of nitrogens with two attached hydrogens (primary N) is 1. The van der Waals surface area contributed by atoms with Crippen molar-refractivity contribution in [2.24, 2.45) is 5.73 Å². The van der Waals surface area contributed by atoms with Gasteiger partial charge >= 0.3 is 0 Å². The lowest BCUT2D eigenvalue weighted by Crippen LogP contribution is -2.41. The highest BCUT2D eigenvalue weighted by atomic mass is 32.1. The lowest BCUT2D eigenvalue weighted by Gasteiger charge is -2.32. The molecule has 0 atom stereocenters. The number of piperidine rings is 1. The van der Waals surface area contributed by atoms with Gasteiger partial charge in [0.15, 0.2) is 0 Å². The molecule has 0 saturated carbocycles. The normalized spacial score (nSPS) is 15.4. The van der Waals surface area contributed by atoms with E-state index in [2.05, 4.69) is 36.2 Å². The lowest BCUT2D eigenvalue weighted by molar-refractivity contribution is -0.133. The average Bonchev–Trinajstić information content (AvgIpc) is 3.11. The second kappa shape index (κ2) is 9.26. The van der Waals surface area contributed by atoms with Crippen molar-refractivity contribution in [3.05, 3.63) is 40.9 Å². The molecule has 1 aromatic carbocycles. The van der Waals surface area contributed by atoms with E-state index in [0.717, 1.165) is 55.2 Å². The van der Waals surface area contributed by atoms with Crippen LogP contribution in [0.3, 0.4) is 0 Å². The van der Waals surface area contributed by atoms with Crippen LogP contribution in [0.5, 0.6) is 0 Å². The topological polar surface area (TPSA) is 68.5 Å². The molecule has 2 N–H and O–H groups in total. The molecule has 1 aliphatic heterocycles. The molecule has 2 heterocycles. The van der Waals surface area contributed by atoms with E-state index in [1.54, 1.807) is 11.3 Å². The molecule has 1 aromatic heterocycles. The zero-order valence-electron chi connectivity index (χ0n) is 15.3. The summed E-state index contributed by atoms with van der Waals surface area (Å²) >= 11 is 1.60. The van der Waals surface area contributed by atoms with Gasteiger partial charge < -0.3 is 15.4 Å². The molecule has 1 saturated heterocycles. The van der Waals surface area contributed by atoms with Gasteiger partial charge in [0.05, 0.1) is 18.2 Å². The summed E-state index contributed by atoms with van der Waals surface area (Å²) in [4.78, 5) is 19.1. The first kappa shape index (κ1) is 19.0. The Balaban J connectivity index is 1.49. The van der Waals surface area contributed by atoms with Gasteiger partial charge in [0.25, 0.3) is 0 Å². The van der Waals surface area contributed by atoms with Gasteiger partial charge in [-0.15, -0.1) is 11.3 Å². The fourth-order valence-electron chi connectivity index (χ4n) is 3.09. The minimum atomic E-state index is 0.158. The van der Waals surface area contributed by atoms with Crippen molar-refractivity contribution in [1.29, 1.82) is 0 Å². The van der Waals surface area contributed by atoms with E-state index < -0.39 is 0 Å². The third-order valence-corrected chi connectivity index (χ3v) is 5.62. The number of hydrogen-bond acceptors (Lipinski definition) is 5. The number of aryl methyl sites for hydroxylation is 1. The molecule has 2 aromatic rings. The van der Waals surface area contributed by atoms with Crippen LogP contribution in [0.15, 0.2) is 29.6 Å². The fourth-order valence-corrected chi connectivity index (χ4v) is 3.91. The molecule has 1 amide bonds. The Hall–Kier alpha value is -1.76. The number of benzene rings is 1. The number of hydrogen-bond donors (Lipinski definition) is 1. The van der Waals surface area contributed by atoms with Crippen LogP contribution in [0.25, 0.3) is 10.6 Å². The molecule has 26 heavy (non-hydrogen) atoms. The maximum Gasteiger partial charge on any atom is 0.228 e. The Morgan fingerprint density at radius 3 is 2.73 bits per heavy atom. The Labute approximate surface area is 159 Å². The Morgan fingerprint density at radius 2 is 2.04 bits per heavy atom. The van der Waals surface area contributed by atoms with Crippen molar-refractivity contribution in [1.82, 2.24) is 9.88 Å². The van der Waals surface area contributed by atoms with Crippen molar-refractivity contribution in [2.45, 2.75) is 38.7 Å².